The van der Waals surface area contributed by atoms with Crippen LogP contribution in [-0.2, 0) is 6.42 Å². The lowest BCUT2D eigenvalue weighted by Crippen LogP contribution is -2.47. The molecule has 1 saturated heterocycles. The van der Waals surface area contributed by atoms with E-state index in [1.807, 2.05) is 35.2 Å². The fraction of sp³-hybridized carbons (Fsp3) is 0.273. The number of anilines is 3. The number of hydrogen-bond donors (Lipinski definition) is 1. The molecule has 0 unspecified atom stereocenters. The van der Waals surface area contributed by atoms with Crippen LogP contribution in [0.1, 0.15) is 5.56 Å². The van der Waals surface area contributed by atoms with E-state index in [2.05, 4.69) is 20.2 Å². The first-order valence-electron chi connectivity index (χ1n) is 10.1. The number of aromatic nitrogens is 2. The number of piperazine rings is 1. The van der Waals surface area contributed by atoms with Crippen molar-refractivity contribution in [2.45, 2.75) is 6.42 Å². The number of nitro groups is 1. The van der Waals surface area contributed by atoms with Crippen molar-refractivity contribution in [3.63, 3.8) is 0 Å². The summed E-state index contributed by atoms with van der Waals surface area (Å²) in [5, 5.41) is 14.9. The molecule has 1 aliphatic rings. The van der Waals surface area contributed by atoms with Crippen LogP contribution in [0.25, 0.3) is 0 Å². The van der Waals surface area contributed by atoms with E-state index in [9.17, 15) is 14.5 Å². The fourth-order valence-corrected chi connectivity index (χ4v) is 3.70. The van der Waals surface area contributed by atoms with Gasteiger partial charge < -0.3 is 15.1 Å². The molecule has 8 nitrogen and oxygen atoms in total. The van der Waals surface area contributed by atoms with Crippen LogP contribution in [0.5, 0.6) is 0 Å². The Kier molecular flexibility index (Phi) is 6.21. The molecular weight excluding hydrogens is 399 g/mol. The maximum Gasteiger partial charge on any atom is 0.353 e. The highest BCUT2D eigenvalue weighted by molar-refractivity contribution is 5.70. The average Bonchev–Trinajstić information content (AvgIpc) is 2.80. The Hall–Kier alpha value is -3.75. The molecule has 31 heavy (non-hydrogen) atoms. The van der Waals surface area contributed by atoms with Gasteiger partial charge in [-0.2, -0.15) is 0 Å². The van der Waals surface area contributed by atoms with E-state index in [0.717, 1.165) is 17.7 Å². The van der Waals surface area contributed by atoms with E-state index >= 15 is 0 Å². The standard InChI is InChI=1S/C22H23FN6O2/c23-18-6-8-19(9-7-18)27-12-14-28(15-13-27)22-20(29(30)31)21(25-16-26-22)24-11-10-17-4-2-1-3-5-17/h1-9,16H,10-15H2,(H,24,25,26). The highest BCUT2D eigenvalue weighted by Crippen LogP contribution is 2.32. The summed E-state index contributed by atoms with van der Waals surface area (Å²) >= 11 is 0. The Balaban J connectivity index is 1.45. The van der Waals surface area contributed by atoms with Crippen LogP contribution in [0, 0.1) is 15.9 Å². The van der Waals surface area contributed by atoms with Gasteiger partial charge in [-0.25, -0.2) is 14.4 Å². The predicted octanol–water partition coefficient (Wildman–Crippen LogP) is 3.51. The first-order valence-corrected chi connectivity index (χ1v) is 10.1. The van der Waals surface area contributed by atoms with Crippen LogP contribution in [0.2, 0.25) is 0 Å². The third-order valence-corrected chi connectivity index (χ3v) is 5.31. The molecule has 4 rings (SSSR count). The van der Waals surface area contributed by atoms with Gasteiger partial charge in [-0.05, 0) is 36.2 Å². The van der Waals surface area contributed by atoms with Gasteiger partial charge in [-0.15, -0.1) is 0 Å². The average molecular weight is 422 g/mol. The Morgan fingerprint density at radius 3 is 2.32 bits per heavy atom. The van der Waals surface area contributed by atoms with Crippen LogP contribution in [0.4, 0.5) is 27.4 Å². The normalized spacial score (nSPS) is 13.8. The molecule has 9 heteroatoms. The van der Waals surface area contributed by atoms with Gasteiger partial charge in [0.1, 0.15) is 12.1 Å². The van der Waals surface area contributed by atoms with Crippen molar-refractivity contribution < 1.29 is 9.31 Å². The summed E-state index contributed by atoms with van der Waals surface area (Å²) in [7, 11) is 0. The number of rotatable bonds is 7. The molecule has 0 atom stereocenters. The second kappa shape index (κ2) is 9.38. The first kappa shape index (κ1) is 20.5. The van der Waals surface area contributed by atoms with E-state index in [1.54, 1.807) is 12.1 Å². The van der Waals surface area contributed by atoms with Gasteiger partial charge >= 0.3 is 5.69 Å². The molecule has 1 N–H and O–H groups in total. The zero-order valence-corrected chi connectivity index (χ0v) is 16.9. The van der Waals surface area contributed by atoms with Gasteiger partial charge in [0.15, 0.2) is 0 Å². The molecule has 0 bridgehead atoms. The highest BCUT2D eigenvalue weighted by atomic mass is 19.1. The van der Waals surface area contributed by atoms with Crippen LogP contribution in [0.15, 0.2) is 60.9 Å². The smallest absolute Gasteiger partial charge is 0.353 e. The van der Waals surface area contributed by atoms with Gasteiger partial charge in [-0.3, -0.25) is 10.1 Å². The molecule has 0 radical (unpaired) electrons. The Morgan fingerprint density at radius 2 is 1.65 bits per heavy atom. The summed E-state index contributed by atoms with van der Waals surface area (Å²) in [5.74, 6) is 0.277. The molecule has 0 amide bonds. The largest absolute Gasteiger partial charge is 0.368 e. The second-order valence-electron chi connectivity index (χ2n) is 7.26. The Labute approximate surface area is 179 Å². The lowest BCUT2D eigenvalue weighted by Gasteiger charge is -2.36. The fourth-order valence-electron chi connectivity index (χ4n) is 3.70. The van der Waals surface area contributed by atoms with Crippen molar-refractivity contribution in [1.29, 1.82) is 0 Å². The van der Waals surface area contributed by atoms with Crippen molar-refractivity contribution in [2.24, 2.45) is 0 Å². The number of nitrogens with one attached hydrogen (secondary N) is 1. The van der Waals surface area contributed by atoms with Gasteiger partial charge in [-0.1, -0.05) is 30.3 Å². The quantitative estimate of drug-likeness (QED) is 0.461. The van der Waals surface area contributed by atoms with E-state index in [4.69, 9.17) is 0 Å². The van der Waals surface area contributed by atoms with Crippen molar-refractivity contribution in [1.82, 2.24) is 9.97 Å². The van der Waals surface area contributed by atoms with Crippen molar-refractivity contribution in [2.75, 3.05) is 47.8 Å². The first-order chi connectivity index (χ1) is 15.1. The summed E-state index contributed by atoms with van der Waals surface area (Å²) in [6.45, 7) is 2.98. The summed E-state index contributed by atoms with van der Waals surface area (Å²) in [6.07, 6.45) is 2.09. The summed E-state index contributed by atoms with van der Waals surface area (Å²) < 4.78 is 13.2. The van der Waals surface area contributed by atoms with Crippen molar-refractivity contribution in [3.8, 4) is 0 Å². The van der Waals surface area contributed by atoms with Gasteiger partial charge in [0.05, 0.1) is 4.92 Å². The number of nitrogens with zero attached hydrogens (tertiary/aromatic N) is 5. The maximum atomic E-state index is 13.2. The van der Waals surface area contributed by atoms with Crippen LogP contribution >= 0.6 is 0 Å². The van der Waals surface area contributed by atoms with E-state index in [-0.39, 0.29) is 17.3 Å². The Bertz CT molecular complexity index is 1020. The topological polar surface area (TPSA) is 87.4 Å². The summed E-state index contributed by atoms with van der Waals surface area (Å²) in [6, 6.07) is 16.3. The Morgan fingerprint density at radius 1 is 0.968 bits per heavy atom. The molecule has 2 aromatic carbocycles. The van der Waals surface area contributed by atoms with Gasteiger partial charge in [0.2, 0.25) is 11.6 Å². The highest BCUT2D eigenvalue weighted by Gasteiger charge is 2.29. The lowest BCUT2D eigenvalue weighted by atomic mass is 10.1. The van der Waals surface area contributed by atoms with E-state index in [1.165, 1.54) is 18.5 Å². The maximum absolute atomic E-state index is 13.2. The van der Waals surface area contributed by atoms with Crippen molar-refractivity contribution >= 4 is 23.0 Å². The van der Waals surface area contributed by atoms with Crippen LogP contribution in [-0.4, -0.2) is 47.6 Å². The summed E-state index contributed by atoms with van der Waals surface area (Å²) in [4.78, 5) is 23.8. The van der Waals surface area contributed by atoms with Crippen LogP contribution < -0.4 is 15.1 Å². The molecule has 0 saturated carbocycles. The van der Waals surface area contributed by atoms with Crippen molar-refractivity contribution in [3.05, 3.63) is 82.4 Å². The molecule has 1 aromatic heterocycles. The molecule has 3 aromatic rings. The van der Waals surface area contributed by atoms with Gasteiger partial charge in [0, 0.05) is 38.4 Å². The minimum atomic E-state index is -0.424. The molecule has 0 spiro atoms. The minimum Gasteiger partial charge on any atom is -0.368 e. The monoisotopic (exact) mass is 422 g/mol. The molecule has 1 fully saturated rings. The number of benzene rings is 2. The second-order valence-corrected chi connectivity index (χ2v) is 7.26. The summed E-state index contributed by atoms with van der Waals surface area (Å²) in [5.41, 5.74) is 1.97. The van der Waals surface area contributed by atoms with Crippen LogP contribution in [0.3, 0.4) is 0 Å². The third-order valence-electron chi connectivity index (χ3n) is 5.31. The van der Waals surface area contributed by atoms with E-state index in [0.29, 0.717) is 38.5 Å². The number of halogens is 1. The zero-order chi connectivity index (χ0) is 21.6. The molecule has 1 aliphatic heterocycles. The number of hydrogen-bond acceptors (Lipinski definition) is 7. The minimum absolute atomic E-state index is 0.106. The zero-order valence-electron chi connectivity index (χ0n) is 16.9. The molecular formula is C22H23FN6O2. The SMILES string of the molecule is O=[N+]([O-])c1c(NCCc2ccccc2)ncnc1N1CCN(c2ccc(F)cc2)CC1. The predicted molar refractivity (Wildman–Crippen MR) is 118 cm³/mol. The third kappa shape index (κ3) is 4.88. The molecule has 2 heterocycles. The lowest BCUT2D eigenvalue weighted by molar-refractivity contribution is -0.383. The molecule has 160 valence electrons. The van der Waals surface area contributed by atoms with Gasteiger partial charge in [0.25, 0.3) is 0 Å². The molecule has 0 aliphatic carbocycles. The van der Waals surface area contributed by atoms with E-state index < -0.39 is 4.92 Å².